The Bertz CT molecular complexity index is 455. The molecule has 0 aliphatic carbocycles. The Balaban J connectivity index is 2.13. The van der Waals surface area contributed by atoms with Crippen LogP contribution in [0.2, 0.25) is 0 Å². The van der Waals surface area contributed by atoms with E-state index >= 15 is 0 Å². The van der Waals surface area contributed by atoms with E-state index in [2.05, 4.69) is 40.2 Å². The average molecular weight is 248 g/mol. The highest BCUT2D eigenvalue weighted by Crippen LogP contribution is 2.25. The number of nitrogens with one attached hydrogen (secondary N) is 2. The van der Waals surface area contributed by atoms with E-state index in [4.69, 9.17) is 5.84 Å². The fourth-order valence-corrected chi connectivity index (χ4v) is 2.50. The summed E-state index contributed by atoms with van der Waals surface area (Å²) in [6.45, 7) is 2.16. The van der Waals surface area contributed by atoms with Crippen LogP contribution in [0.25, 0.3) is 0 Å². The van der Waals surface area contributed by atoms with Crippen molar-refractivity contribution in [3.63, 3.8) is 0 Å². The minimum absolute atomic E-state index is 0.301. The van der Waals surface area contributed by atoms with Crippen LogP contribution in [-0.4, -0.2) is 4.98 Å². The minimum atomic E-state index is 0.301. The van der Waals surface area contributed by atoms with Crippen LogP contribution in [0.1, 0.15) is 24.3 Å². The molecule has 0 aromatic carbocycles. The molecule has 2 aromatic rings. The first-order chi connectivity index (χ1) is 8.33. The summed E-state index contributed by atoms with van der Waals surface area (Å²) < 4.78 is 0. The fourth-order valence-electron chi connectivity index (χ4n) is 1.64. The molecule has 5 heteroatoms. The van der Waals surface area contributed by atoms with Crippen LogP contribution in [0.15, 0.2) is 35.7 Å². The van der Waals surface area contributed by atoms with Crippen LogP contribution in [-0.2, 0) is 0 Å². The van der Waals surface area contributed by atoms with Gasteiger partial charge in [-0.3, -0.25) is 0 Å². The number of rotatable bonds is 5. The molecule has 0 radical (unpaired) electrons. The standard InChI is InChI=1S/C12H16N4S/c1-2-9(10-5-4-8-17-10)14-11-6-3-7-12(15-11)16-13/h3-9H,2,13H2,1H3,(H2,14,15,16). The van der Waals surface area contributed by atoms with Gasteiger partial charge < -0.3 is 10.7 Å². The molecule has 4 nitrogen and oxygen atoms in total. The third-order valence-electron chi connectivity index (χ3n) is 2.51. The van der Waals surface area contributed by atoms with Crippen molar-refractivity contribution in [2.45, 2.75) is 19.4 Å². The van der Waals surface area contributed by atoms with Crippen LogP contribution in [0.3, 0.4) is 0 Å². The molecule has 0 aliphatic heterocycles. The van der Waals surface area contributed by atoms with E-state index in [0.717, 1.165) is 12.2 Å². The monoisotopic (exact) mass is 248 g/mol. The summed E-state index contributed by atoms with van der Waals surface area (Å²) in [4.78, 5) is 5.67. The van der Waals surface area contributed by atoms with E-state index in [0.29, 0.717) is 11.9 Å². The maximum Gasteiger partial charge on any atom is 0.142 e. The second-order valence-electron chi connectivity index (χ2n) is 3.67. The molecule has 0 saturated heterocycles. The van der Waals surface area contributed by atoms with Crippen molar-refractivity contribution >= 4 is 23.0 Å². The molecule has 1 atom stereocenters. The third kappa shape index (κ3) is 2.95. The van der Waals surface area contributed by atoms with Gasteiger partial charge in [-0.2, -0.15) is 0 Å². The number of nitrogens with two attached hydrogens (primary N) is 1. The lowest BCUT2D eigenvalue weighted by Crippen LogP contribution is -2.12. The Labute approximate surface area is 105 Å². The predicted octanol–water partition coefficient (Wildman–Crippen LogP) is 2.99. The summed E-state index contributed by atoms with van der Waals surface area (Å²) in [5.74, 6) is 6.84. The van der Waals surface area contributed by atoms with E-state index in [1.165, 1.54) is 4.88 Å². The highest BCUT2D eigenvalue weighted by atomic mass is 32.1. The summed E-state index contributed by atoms with van der Waals surface area (Å²) in [6, 6.07) is 10.2. The maximum absolute atomic E-state index is 5.34. The summed E-state index contributed by atoms with van der Waals surface area (Å²) in [5.41, 5.74) is 2.54. The van der Waals surface area contributed by atoms with Gasteiger partial charge in [0.25, 0.3) is 0 Å². The third-order valence-corrected chi connectivity index (χ3v) is 3.50. The molecule has 2 aromatic heterocycles. The summed E-state index contributed by atoms with van der Waals surface area (Å²) in [7, 11) is 0. The van der Waals surface area contributed by atoms with Gasteiger partial charge in [-0.1, -0.05) is 19.1 Å². The molecule has 1 unspecified atom stereocenters. The Morgan fingerprint density at radius 2 is 2.12 bits per heavy atom. The molecule has 2 rings (SSSR count). The fraction of sp³-hybridized carbons (Fsp3) is 0.250. The lowest BCUT2D eigenvalue weighted by atomic mass is 10.2. The maximum atomic E-state index is 5.34. The summed E-state index contributed by atoms with van der Waals surface area (Å²) in [6.07, 6.45) is 1.02. The van der Waals surface area contributed by atoms with Crippen molar-refractivity contribution in [3.05, 3.63) is 40.6 Å². The highest BCUT2D eigenvalue weighted by molar-refractivity contribution is 7.10. The molecule has 0 fully saturated rings. The number of aromatic nitrogens is 1. The molecule has 0 bridgehead atoms. The molecule has 0 amide bonds. The zero-order valence-electron chi connectivity index (χ0n) is 9.68. The van der Waals surface area contributed by atoms with Crippen LogP contribution in [0.4, 0.5) is 11.6 Å². The van der Waals surface area contributed by atoms with Crippen LogP contribution in [0.5, 0.6) is 0 Å². The number of nitrogen functional groups attached to an aromatic ring is 1. The summed E-state index contributed by atoms with van der Waals surface area (Å²) in [5, 5.41) is 5.50. The molecule has 0 saturated carbocycles. The Morgan fingerprint density at radius 1 is 1.29 bits per heavy atom. The number of anilines is 2. The van der Waals surface area contributed by atoms with Gasteiger partial charge >= 0.3 is 0 Å². The molecule has 0 spiro atoms. The second kappa shape index (κ2) is 5.65. The number of hydrogen-bond donors (Lipinski definition) is 3. The number of pyridine rings is 1. The first-order valence-corrected chi connectivity index (χ1v) is 6.45. The lowest BCUT2D eigenvalue weighted by Gasteiger charge is -2.16. The second-order valence-corrected chi connectivity index (χ2v) is 4.65. The largest absolute Gasteiger partial charge is 0.362 e. The van der Waals surface area contributed by atoms with Crippen molar-refractivity contribution in [2.24, 2.45) is 5.84 Å². The summed E-state index contributed by atoms with van der Waals surface area (Å²) >= 11 is 1.75. The topological polar surface area (TPSA) is 63.0 Å². The first-order valence-electron chi connectivity index (χ1n) is 5.57. The number of hydrogen-bond acceptors (Lipinski definition) is 5. The van der Waals surface area contributed by atoms with Gasteiger partial charge in [0, 0.05) is 4.88 Å². The molecule has 0 aliphatic rings. The smallest absolute Gasteiger partial charge is 0.142 e. The van der Waals surface area contributed by atoms with Gasteiger partial charge in [0.1, 0.15) is 11.6 Å². The van der Waals surface area contributed by atoms with Gasteiger partial charge in [-0.15, -0.1) is 11.3 Å². The van der Waals surface area contributed by atoms with E-state index in [1.54, 1.807) is 11.3 Å². The van der Waals surface area contributed by atoms with E-state index in [1.807, 2.05) is 18.2 Å². The minimum Gasteiger partial charge on any atom is -0.362 e. The molecule has 17 heavy (non-hydrogen) atoms. The molecule has 2 heterocycles. The van der Waals surface area contributed by atoms with Crippen molar-refractivity contribution in [1.29, 1.82) is 0 Å². The van der Waals surface area contributed by atoms with Crippen molar-refractivity contribution in [2.75, 3.05) is 10.7 Å². The molecular formula is C12H16N4S. The van der Waals surface area contributed by atoms with Crippen molar-refractivity contribution in [3.8, 4) is 0 Å². The SMILES string of the molecule is CCC(Nc1cccc(NN)n1)c1cccs1. The van der Waals surface area contributed by atoms with Gasteiger partial charge in [-0.05, 0) is 30.0 Å². The van der Waals surface area contributed by atoms with Crippen LogP contribution < -0.4 is 16.6 Å². The molecule has 90 valence electrons. The Kier molecular flexibility index (Phi) is 3.95. The van der Waals surface area contributed by atoms with E-state index < -0.39 is 0 Å². The number of nitrogens with zero attached hydrogens (tertiary/aromatic N) is 1. The van der Waals surface area contributed by atoms with E-state index in [9.17, 15) is 0 Å². The molecule has 4 N–H and O–H groups in total. The highest BCUT2D eigenvalue weighted by Gasteiger charge is 2.10. The van der Waals surface area contributed by atoms with Gasteiger partial charge in [0.15, 0.2) is 0 Å². The van der Waals surface area contributed by atoms with Gasteiger partial charge in [-0.25, -0.2) is 10.8 Å². The van der Waals surface area contributed by atoms with Crippen molar-refractivity contribution < 1.29 is 0 Å². The van der Waals surface area contributed by atoms with E-state index in [-0.39, 0.29) is 0 Å². The number of hydrazine groups is 1. The van der Waals surface area contributed by atoms with Crippen molar-refractivity contribution in [1.82, 2.24) is 4.98 Å². The van der Waals surface area contributed by atoms with Crippen LogP contribution >= 0.6 is 11.3 Å². The zero-order chi connectivity index (χ0) is 12.1. The van der Waals surface area contributed by atoms with Gasteiger partial charge in [0.2, 0.25) is 0 Å². The Hall–Kier alpha value is -1.59. The Morgan fingerprint density at radius 3 is 2.76 bits per heavy atom. The zero-order valence-corrected chi connectivity index (χ0v) is 10.5. The normalized spacial score (nSPS) is 12.1. The lowest BCUT2D eigenvalue weighted by molar-refractivity contribution is 0.759. The predicted molar refractivity (Wildman–Crippen MR) is 73.0 cm³/mol. The molecular weight excluding hydrogens is 232 g/mol. The number of thiophene rings is 1. The first kappa shape index (κ1) is 11.9. The van der Waals surface area contributed by atoms with Gasteiger partial charge in [0.05, 0.1) is 6.04 Å². The average Bonchev–Trinajstić information content (AvgIpc) is 2.90. The van der Waals surface area contributed by atoms with Crippen LogP contribution in [0, 0.1) is 0 Å². The quantitative estimate of drug-likeness (QED) is 0.562.